The fraction of sp³-hybridized carbons (Fsp3) is 0.0500. The van der Waals surface area contributed by atoms with E-state index in [0.29, 0.717) is 32.3 Å². The number of fused-ring (bicyclic) bond motifs is 1. The van der Waals surface area contributed by atoms with Gasteiger partial charge in [-0.15, -0.1) is 0 Å². The number of para-hydroxylation sites is 1. The Morgan fingerprint density at radius 1 is 0.923 bits per heavy atom. The largest absolute Gasteiger partial charge is 0.481 e. The van der Waals surface area contributed by atoms with Crippen LogP contribution in [0.1, 0.15) is 5.56 Å². The molecule has 2 heterocycles. The highest BCUT2D eigenvalue weighted by atomic mass is 35.5. The highest BCUT2D eigenvalue weighted by Gasteiger charge is 2.20. The van der Waals surface area contributed by atoms with Gasteiger partial charge in [0.05, 0.1) is 11.6 Å². The number of benzene rings is 2. The van der Waals surface area contributed by atoms with Crippen molar-refractivity contribution in [1.29, 1.82) is 0 Å². The van der Waals surface area contributed by atoms with Crippen LogP contribution in [0.3, 0.4) is 0 Å². The van der Waals surface area contributed by atoms with Crippen LogP contribution in [0.25, 0.3) is 22.5 Å². The maximum atomic E-state index is 12.9. The molecule has 0 radical (unpaired) electrons. The minimum Gasteiger partial charge on any atom is -0.481 e. The second-order valence-corrected chi connectivity index (χ2v) is 6.37. The molecule has 0 spiro atoms. The van der Waals surface area contributed by atoms with E-state index in [0.717, 1.165) is 0 Å². The summed E-state index contributed by atoms with van der Waals surface area (Å²) < 4.78 is 17.1. The van der Waals surface area contributed by atoms with Gasteiger partial charge in [-0.1, -0.05) is 41.4 Å². The molecule has 6 heteroatoms. The SMILES string of the molecule is O=c1c(OCc2c(Cl)cccc2Cl)c(-c2ccco2)oc2ccccc12. The number of hydrogen-bond donors (Lipinski definition) is 0. The molecule has 4 aromatic rings. The molecule has 0 saturated carbocycles. The van der Waals surface area contributed by atoms with Crippen molar-refractivity contribution in [2.75, 3.05) is 0 Å². The summed E-state index contributed by atoms with van der Waals surface area (Å²) in [7, 11) is 0. The number of halogens is 2. The van der Waals surface area contributed by atoms with Crippen molar-refractivity contribution in [3.63, 3.8) is 0 Å². The van der Waals surface area contributed by atoms with Gasteiger partial charge in [0.2, 0.25) is 16.9 Å². The van der Waals surface area contributed by atoms with Gasteiger partial charge in [-0.25, -0.2) is 0 Å². The van der Waals surface area contributed by atoms with Crippen LogP contribution in [0.15, 0.2) is 74.5 Å². The molecule has 4 rings (SSSR count). The Morgan fingerprint density at radius 2 is 1.69 bits per heavy atom. The molecule has 0 aliphatic carbocycles. The summed E-state index contributed by atoms with van der Waals surface area (Å²) in [5.74, 6) is 0.671. The Balaban J connectivity index is 1.84. The lowest BCUT2D eigenvalue weighted by Crippen LogP contribution is -2.10. The third-order valence-electron chi connectivity index (χ3n) is 3.92. The van der Waals surface area contributed by atoms with Crippen LogP contribution >= 0.6 is 23.2 Å². The average Bonchev–Trinajstić information content (AvgIpc) is 3.17. The Labute approximate surface area is 158 Å². The average molecular weight is 387 g/mol. The lowest BCUT2D eigenvalue weighted by molar-refractivity contribution is 0.296. The third kappa shape index (κ3) is 2.98. The Kier molecular flexibility index (Phi) is 4.45. The van der Waals surface area contributed by atoms with E-state index >= 15 is 0 Å². The van der Waals surface area contributed by atoms with E-state index in [9.17, 15) is 4.79 Å². The maximum absolute atomic E-state index is 12.9. The van der Waals surface area contributed by atoms with E-state index in [2.05, 4.69) is 0 Å². The maximum Gasteiger partial charge on any atom is 0.235 e. The molecule has 130 valence electrons. The zero-order valence-corrected chi connectivity index (χ0v) is 14.9. The van der Waals surface area contributed by atoms with Crippen LogP contribution in [0.2, 0.25) is 10.0 Å². The lowest BCUT2D eigenvalue weighted by atomic mass is 10.2. The summed E-state index contributed by atoms with van der Waals surface area (Å²) in [6, 6.07) is 15.5. The van der Waals surface area contributed by atoms with E-state index in [1.54, 1.807) is 54.6 Å². The second-order valence-electron chi connectivity index (χ2n) is 5.55. The van der Waals surface area contributed by atoms with Crippen molar-refractivity contribution >= 4 is 34.2 Å². The number of furan rings is 1. The predicted molar refractivity (Wildman–Crippen MR) is 101 cm³/mol. The summed E-state index contributed by atoms with van der Waals surface area (Å²) in [5, 5.41) is 1.34. The molecule has 4 nitrogen and oxygen atoms in total. The van der Waals surface area contributed by atoms with Crippen molar-refractivity contribution in [2.45, 2.75) is 6.61 Å². The molecule has 0 atom stereocenters. The highest BCUT2D eigenvalue weighted by molar-refractivity contribution is 6.35. The molecule has 0 unspecified atom stereocenters. The summed E-state index contributed by atoms with van der Waals surface area (Å²) in [5.41, 5.74) is 0.752. The third-order valence-corrected chi connectivity index (χ3v) is 4.63. The predicted octanol–water partition coefficient (Wildman–Crippen LogP) is 5.94. The van der Waals surface area contributed by atoms with Gasteiger partial charge in [-0.2, -0.15) is 0 Å². The molecule has 0 aliphatic rings. The Hall–Kier alpha value is -2.69. The first-order valence-electron chi connectivity index (χ1n) is 7.80. The molecular formula is C20H12Cl2O4. The molecule has 0 aliphatic heterocycles. The van der Waals surface area contributed by atoms with Gasteiger partial charge in [0.25, 0.3) is 0 Å². The van der Waals surface area contributed by atoms with Gasteiger partial charge in [0.15, 0.2) is 5.76 Å². The van der Waals surface area contributed by atoms with Crippen molar-refractivity contribution in [1.82, 2.24) is 0 Å². The van der Waals surface area contributed by atoms with E-state index in [1.165, 1.54) is 6.26 Å². The van der Waals surface area contributed by atoms with E-state index in [4.69, 9.17) is 36.8 Å². The standard InChI is InChI=1S/C20H12Cl2O4/c21-14-6-3-7-15(22)13(14)11-25-20-18(23)12-5-1-2-8-16(12)26-19(20)17-9-4-10-24-17/h1-10H,11H2. The van der Waals surface area contributed by atoms with Gasteiger partial charge in [0.1, 0.15) is 12.2 Å². The zero-order valence-electron chi connectivity index (χ0n) is 13.4. The smallest absolute Gasteiger partial charge is 0.235 e. The lowest BCUT2D eigenvalue weighted by Gasteiger charge is -2.12. The van der Waals surface area contributed by atoms with Gasteiger partial charge in [-0.05, 0) is 36.4 Å². The second kappa shape index (κ2) is 6.90. The van der Waals surface area contributed by atoms with Crippen LogP contribution in [0, 0.1) is 0 Å². The van der Waals surface area contributed by atoms with Crippen molar-refractivity contribution in [3.05, 3.63) is 86.7 Å². The van der Waals surface area contributed by atoms with Crippen LogP contribution in [-0.4, -0.2) is 0 Å². The van der Waals surface area contributed by atoms with E-state index in [1.807, 2.05) is 0 Å². The molecule has 0 bridgehead atoms. The minimum atomic E-state index is -0.290. The summed E-state index contributed by atoms with van der Waals surface area (Å²) in [4.78, 5) is 12.9. The topological polar surface area (TPSA) is 52.6 Å². The van der Waals surface area contributed by atoms with Gasteiger partial charge in [0, 0.05) is 15.6 Å². The summed E-state index contributed by atoms with van der Waals surface area (Å²) in [6.07, 6.45) is 1.50. The fourth-order valence-electron chi connectivity index (χ4n) is 2.64. The molecule has 0 amide bonds. The highest BCUT2D eigenvalue weighted by Crippen LogP contribution is 2.33. The molecule has 2 aromatic heterocycles. The van der Waals surface area contributed by atoms with Crippen LogP contribution < -0.4 is 10.2 Å². The zero-order chi connectivity index (χ0) is 18.1. The molecule has 0 fully saturated rings. The normalized spacial score (nSPS) is 11.0. The van der Waals surface area contributed by atoms with E-state index in [-0.39, 0.29) is 23.5 Å². The first-order valence-corrected chi connectivity index (χ1v) is 8.56. The van der Waals surface area contributed by atoms with Crippen LogP contribution in [0.5, 0.6) is 5.75 Å². The summed E-state index contributed by atoms with van der Waals surface area (Å²) >= 11 is 12.4. The van der Waals surface area contributed by atoms with Crippen molar-refractivity contribution < 1.29 is 13.6 Å². The first kappa shape index (κ1) is 16.8. The molecule has 0 saturated heterocycles. The number of rotatable bonds is 4. The van der Waals surface area contributed by atoms with Gasteiger partial charge >= 0.3 is 0 Å². The van der Waals surface area contributed by atoms with Gasteiger partial charge in [-0.3, -0.25) is 4.79 Å². The fourth-order valence-corrected chi connectivity index (χ4v) is 3.15. The number of hydrogen-bond acceptors (Lipinski definition) is 4. The van der Waals surface area contributed by atoms with Crippen LogP contribution in [-0.2, 0) is 6.61 Å². The quantitative estimate of drug-likeness (QED) is 0.435. The molecule has 2 aromatic carbocycles. The Morgan fingerprint density at radius 3 is 2.42 bits per heavy atom. The monoisotopic (exact) mass is 386 g/mol. The Bertz CT molecular complexity index is 1110. The molecule has 26 heavy (non-hydrogen) atoms. The molecular weight excluding hydrogens is 375 g/mol. The number of ether oxygens (including phenoxy) is 1. The first-order chi connectivity index (χ1) is 12.6. The summed E-state index contributed by atoms with van der Waals surface area (Å²) in [6.45, 7) is 0.0231. The molecule has 0 N–H and O–H groups in total. The van der Waals surface area contributed by atoms with Crippen molar-refractivity contribution in [3.8, 4) is 17.3 Å². The minimum absolute atomic E-state index is 0.0231. The van der Waals surface area contributed by atoms with E-state index < -0.39 is 0 Å². The van der Waals surface area contributed by atoms with Gasteiger partial charge < -0.3 is 13.6 Å². The van der Waals surface area contributed by atoms with Crippen LogP contribution in [0.4, 0.5) is 0 Å². The van der Waals surface area contributed by atoms with Crippen molar-refractivity contribution in [2.24, 2.45) is 0 Å².